The normalized spacial score (nSPS) is 12.2. The van der Waals surface area contributed by atoms with Crippen LogP contribution in [0.4, 0.5) is 0 Å². The molecule has 0 aromatic rings. The maximum absolute atomic E-state index is 12.7. The van der Waals surface area contributed by atoms with Gasteiger partial charge in [0, 0.05) is 12.8 Å². The van der Waals surface area contributed by atoms with Crippen molar-refractivity contribution in [3.63, 3.8) is 0 Å². The molecule has 0 bridgehead atoms. The summed E-state index contributed by atoms with van der Waals surface area (Å²) < 4.78 is 11.8. The molecular weight excluding hydrogens is 606 g/mol. The lowest BCUT2D eigenvalue weighted by atomic mass is 10.0. The fraction of sp³-hybridized carbons (Fsp3) is 0.955. The van der Waals surface area contributed by atoms with Gasteiger partial charge >= 0.3 is 11.9 Å². The first-order valence-electron chi connectivity index (χ1n) is 22.1. The van der Waals surface area contributed by atoms with E-state index >= 15 is 0 Å². The first kappa shape index (κ1) is 47.9. The van der Waals surface area contributed by atoms with E-state index in [-0.39, 0.29) is 24.1 Å². The third-order valence-electron chi connectivity index (χ3n) is 10.3. The van der Waals surface area contributed by atoms with E-state index in [9.17, 15) is 9.59 Å². The van der Waals surface area contributed by atoms with Crippen molar-refractivity contribution in [1.29, 1.82) is 0 Å². The van der Waals surface area contributed by atoms with Gasteiger partial charge in [-0.2, -0.15) is 0 Å². The van der Waals surface area contributed by atoms with Gasteiger partial charge in [0.05, 0.1) is 0 Å². The summed E-state index contributed by atoms with van der Waals surface area (Å²) >= 11 is 0. The second-order valence-electron chi connectivity index (χ2n) is 15.1. The molecule has 0 aliphatic carbocycles. The van der Waals surface area contributed by atoms with Crippen molar-refractivity contribution >= 4 is 11.9 Å². The predicted molar refractivity (Wildman–Crippen MR) is 212 cm³/mol. The van der Waals surface area contributed by atoms with E-state index in [1.165, 1.54) is 135 Å². The lowest BCUT2D eigenvalue weighted by molar-refractivity contribution is -0.150. The Morgan fingerprint density at radius 2 is 0.735 bits per heavy atom. The molecule has 5 nitrogen and oxygen atoms in total. The lowest BCUT2D eigenvalue weighted by Gasteiger charge is -2.20. The Morgan fingerprint density at radius 3 is 1.14 bits per heavy atom. The molecule has 0 rings (SSSR count). The average Bonchev–Trinajstić information content (AvgIpc) is 3.10. The van der Waals surface area contributed by atoms with E-state index in [2.05, 4.69) is 39.5 Å². The Morgan fingerprint density at radius 1 is 0.408 bits per heavy atom. The minimum absolute atomic E-state index is 0.000377. The van der Waals surface area contributed by atoms with Crippen LogP contribution in [0, 0.1) is 0 Å². The first-order valence-corrected chi connectivity index (χ1v) is 22.1. The number of carbonyl (C=O) groups is 2. The molecule has 0 aliphatic heterocycles. The standard InChI is InChI=1S/C44H87NO4/c1-6-11-14-17-21-27-34-41(9-4)48-43(46)38-31-26-33-40-45(10-5)39-32-25-20-24-30-37-44(47)49-42(35-28-22-18-15-12-7-2)36-29-23-19-16-13-8-3/h41-42H,6-40H2,1-5H3. The molecule has 0 saturated heterocycles. The van der Waals surface area contributed by atoms with Gasteiger partial charge in [0.2, 0.25) is 0 Å². The van der Waals surface area contributed by atoms with E-state index in [1.807, 2.05) is 0 Å². The van der Waals surface area contributed by atoms with Gasteiger partial charge in [-0.15, -0.1) is 0 Å². The Bertz CT molecular complexity index is 682. The summed E-state index contributed by atoms with van der Waals surface area (Å²) in [6, 6.07) is 0. The highest BCUT2D eigenvalue weighted by molar-refractivity contribution is 5.69. The zero-order chi connectivity index (χ0) is 36.0. The summed E-state index contributed by atoms with van der Waals surface area (Å²) in [6.45, 7) is 14.5. The van der Waals surface area contributed by atoms with Crippen molar-refractivity contribution < 1.29 is 19.1 Å². The zero-order valence-electron chi connectivity index (χ0n) is 34.0. The van der Waals surface area contributed by atoms with E-state index in [4.69, 9.17) is 9.47 Å². The van der Waals surface area contributed by atoms with Gasteiger partial charge < -0.3 is 14.4 Å². The summed E-state index contributed by atoms with van der Waals surface area (Å²) in [6.07, 6.45) is 37.5. The predicted octanol–water partition coefficient (Wildman–Crippen LogP) is 13.7. The van der Waals surface area contributed by atoms with Gasteiger partial charge in [0.1, 0.15) is 12.2 Å². The SMILES string of the molecule is CCCCCCCCC(CC)OC(=O)CCCCCN(CC)CCCCCCCC(=O)OC(CCCCCCCC)CCCCCCCC. The highest BCUT2D eigenvalue weighted by Gasteiger charge is 2.15. The van der Waals surface area contributed by atoms with Crippen LogP contribution >= 0.6 is 0 Å². The maximum atomic E-state index is 12.7. The number of nitrogens with zero attached hydrogens (tertiary/aromatic N) is 1. The van der Waals surface area contributed by atoms with E-state index < -0.39 is 0 Å². The van der Waals surface area contributed by atoms with E-state index in [0.29, 0.717) is 12.8 Å². The Hall–Kier alpha value is -1.10. The fourth-order valence-corrected chi connectivity index (χ4v) is 6.90. The molecule has 1 atom stereocenters. The molecule has 292 valence electrons. The first-order chi connectivity index (χ1) is 24.0. The van der Waals surface area contributed by atoms with E-state index in [1.54, 1.807) is 0 Å². The van der Waals surface area contributed by atoms with Crippen LogP contribution in [0.1, 0.15) is 240 Å². The van der Waals surface area contributed by atoms with Crippen LogP contribution in [0.3, 0.4) is 0 Å². The molecule has 0 spiro atoms. The number of esters is 2. The summed E-state index contributed by atoms with van der Waals surface area (Å²) in [4.78, 5) is 27.6. The molecule has 49 heavy (non-hydrogen) atoms. The molecule has 0 aromatic carbocycles. The van der Waals surface area contributed by atoms with Crippen molar-refractivity contribution in [2.45, 2.75) is 252 Å². The molecule has 0 aliphatic rings. The number of unbranched alkanes of at least 4 members (excludes halogenated alkanes) is 21. The summed E-state index contributed by atoms with van der Waals surface area (Å²) in [5.74, 6) is 0.0327. The number of rotatable bonds is 39. The Labute approximate surface area is 307 Å². The van der Waals surface area contributed by atoms with Crippen molar-refractivity contribution in [1.82, 2.24) is 4.90 Å². The lowest BCUT2D eigenvalue weighted by Crippen LogP contribution is -2.25. The van der Waals surface area contributed by atoms with Gasteiger partial charge in [0.15, 0.2) is 0 Å². The largest absolute Gasteiger partial charge is 0.462 e. The van der Waals surface area contributed by atoms with E-state index in [0.717, 1.165) is 77.4 Å². The van der Waals surface area contributed by atoms with Crippen molar-refractivity contribution in [2.75, 3.05) is 19.6 Å². The third kappa shape index (κ3) is 33.8. The molecule has 0 N–H and O–H groups in total. The van der Waals surface area contributed by atoms with Gasteiger partial charge in [-0.1, -0.05) is 157 Å². The van der Waals surface area contributed by atoms with Gasteiger partial charge in [0.25, 0.3) is 0 Å². The molecule has 1 unspecified atom stereocenters. The molecule has 0 radical (unpaired) electrons. The average molecular weight is 694 g/mol. The van der Waals surface area contributed by atoms with Crippen LogP contribution in [0.25, 0.3) is 0 Å². The van der Waals surface area contributed by atoms with Gasteiger partial charge in [-0.05, 0) is 90.3 Å². The topological polar surface area (TPSA) is 55.8 Å². The summed E-state index contributed by atoms with van der Waals surface area (Å²) in [7, 11) is 0. The quantitative estimate of drug-likeness (QED) is 0.0474. The van der Waals surface area contributed by atoms with Crippen molar-refractivity contribution in [3.8, 4) is 0 Å². The van der Waals surface area contributed by atoms with Crippen molar-refractivity contribution in [3.05, 3.63) is 0 Å². The minimum atomic E-state index is -0.000377. The molecular formula is C44H87NO4. The monoisotopic (exact) mass is 694 g/mol. The summed E-state index contributed by atoms with van der Waals surface area (Å²) in [5.41, 5.74) is 0. The molecule has 5 heteroatoms. The zero-order valence-corrected chi connectivity index (χ0v) is 34.0. The molecule has 0 saturated carbocycles. The van der Waals surface area contributed by atoms with Crippen LogP contribution in [0.2, 0.25) is 0 Å². The van der Waals surface area contributed by atoms with Crippen LogP contribution < -0.4 is 0 Å². The number of hydrogen-bond acceptors (Lipinski definition) is 5. The number of hydrogen-bond donors (Lipinski definition) is 0. The highest BCUT2D eigenvalue weighted by atomic mass is 16.5. The van der Waals surface area contributed by atoms with Crippen LogP contribution in [0.15, 0.2) is 0 Å². The smallest absolute Gasteiger partial charge is 0.306 e. The molecule has 0 heterocycles. The highest BCUT2D eigenvalue weighted by Crippen LogP contribution is 2.19. The second kappa shape index (κ2) is 38.1. The fourth-order valence-electron chi connectivity index (χ4n) is 6.90. The van der Waals surface area contributed by atoms with Gasteiger partial charge in [-0.3, -0.25) is 9.59 Å². The van der Waals surface area contributed by atoms with Crippen LogP contribution in [0.5, 0.6) is 0 Å². The number of ether oxygens (including phenoxy) is 2. The molecule has 0 aromatic heterocycles. The molecule has 0 amide bonds. The van der Waals surface area contributed by atoms with Crippen LogP contribution in [-0.2, 0) is 19.1 Å². The minimum Gasteiger partial charge on any atom is -0.462 e. The van der Waals surface area contributed by atoms with Gasteiger partial charge in [-0.25, -0.2) is 0 Å². The maximum Gasteiger partial charge on any atom is 0.306 e. The van der Waals surface area contributed by atoms with Crippen molar-refractivity contribution in [2.24, 2.45) is 0 Å². The summed E-state index contributed by atoms with van der Waals surface area (Å²) in [5, 5.41) is 0. The van der Waals surface area contributed by atoms with Crippen LogP contribution in [-0.4, -0.2) is 48.7 Å². The molecule has 0 fully saturated rings. The second-order valence-corrected chi connectivity index (χ2v) is 15.1. The Kier molecular flexibility index (Phi) is 37.3. The third-order valence-corrected chi connectivity index (χ3v) is 10.3. The number of carbonyl (C=O) groups excluding carboxylic acids is 2. The Balaban J connectivity index is 4.01.